The Bertz CT molecular complexity index is 1200. The number of methoxy groups -OCH3 is 1. The number of ether oxygens (including phenoxy) is 1. The molecule has 1 aliphatic heterocycles. The van der Waals surface area contributed by atoms with Crippen molar-refractivity contribution in [1.29, 1.82) is 0 Å². The minimum atomic E-state index is -0.502. The Labute approximate surface area is 174 Å². The smallest absolute Gasteiger partial charge is 0.298 e. The molecule has 8 nitrogen and oxygen atoms in total. The Morgan fingerprint density at radius 2 is 1.80 bits per heavy atom. The highest BCUT2D eigenvalue weighted by atomic mass is 32.2. The molecule has 4 rings (SSSR count). The van der Waals surface area contributed by atoms with Crippen molar-refractivity contribution in [3.05, 3.63) is 81.4 Å². The lowest BCUT2D eigenvalue weighted by Crippen LogP contribution is -2.28. The molecule has 2 aromatic carbocycles. The Morgan fingerprint density at radius 3 is 2.57 bits per heavy atom. The first kappa shape index (κ1) is 19.5. The molecule has 1 aliphatic rings. The van der Waals surface area contributed by atoms with Crippen molar-refractivity contribution in [3.8, 4) is 17.1 Å². The molecule has 0 atom stereocenters. The fraction of sp³-hybridized carbons (Fsp3) is 0.0476. The van der Waals surface area contributed by atoms with Crippen LogP contribution in [-0.2, 0) is 4.79 Å². The van der Waals surface area contributed by atoms with E-state index in [2.05, 4.69) is 0 Å². The van der Waals surface area contributed by atoms with E-state index in [0.717, 1.165) is 16.7 Å². The van der Waals surface area contributed by atoms with Crippen molar-refractivity contribution in [2.75, 3.05) is 12.0 Å². The third kappa shape index (κ3) is 3.46. The first-order valence-electron chi connectivity index (χ1n) is 8.74. The Morgan fingerprint density at radius 1 is 1.07 bits per heavy atom. The average Bonchev–Trinajstić information content (AvgIpc) is 3.32. The van der Waals surface area contributed by atoms with E-state index in [0.29, 0.717) is 22.8 Å². The van der Waals surface area contributed by atoms with E-state index in [-0.39, 0.29) is 16.4 Å². The fourth-order valence-electron chi connectivity index (χ4n) is 3.04. The van der Waals surface area contributed by atoms with E-state index in [1.54, 1.807) is 54.6 Å². The predicted octanol–water partition coefficient (Wildman–Crippen LogP) is 5.10. The number of imide groups is 1. The van der Waals surface area contributed by atoms with Crippen molar-refractivity contribution in [3.63, 3.8) is 0 Å². The van der Waals surface area contributed by atoms with Gasteiger partial charge in [-0.15, -0.1) is 0 Å². The van der Waals surface area contributed by atoms with Crippen molar-refractivity contribution in [2.45, 2.75) is 0 Å². The van der Waals surface area contributed by atoms with Crippen molar-refractivity contribution < 1.29 is 23.7 Å². The van der Waals surface area contributed by atoms with Crippen LogP contribution in [0, 0.1) is 10.1 Å². The zero-order valence-electron chi connectivity index (χ0n) is 15.6. The molecule has 1 saturated heterocycles. The summed E-state index contributed by atoms with van der Waals surface area (Å²) in [5, 5.41) is 10.8. The van der Waals surface area contributed by atoms with Crippen LogP contribution in [0.3, 0.4) is 0 Å². The molecule has 0 aliphatic carbocycles. The van der Waals surface area contributed by atoms with Crippen molar-refractivity contribution >= 4 is 40.4 Å². The maximum Gasteiger partial charge on any atom is 0.298 e. The molecule has 0 unspecified atom stereocenters. The van der Waals surface area contributed by atoms with Crippen molar-refractivity contribution in [2.24, 2.45) is 0 Å². The lowest BCUT2D eigenvalue weighted by molar-refractivity contribution is -0.384. The number of hydrogen-bond donors (Lipinski definition) is 0. The van der Waals surface area contributed by atoms with Crippen LogP contribution in [0.2, 0.25) is 0 Å². The Balaban J connectivity index is 1.65. The fourth-order valence-corrected chi connectivity index (χ4v) is 3.85. The van der Waals surface area contributed by atoms with Crippen LogP contribution >= 0.6 is 11.8 Å². The molecule has 2 heterocycles. The number of thioether (sulfide) groups is 1. The van der Waals surface area contributed by atoms with E-state index in [1.165, 1.54) is 19.3 Å². The van der Waals surface area contributed by atoms with Gasteiger partial charge in [-0.3, -0.25) is 19.7 Å². The van der Waals surface area contributed by atoms with Crippen LogP contribution in [0.25, 0.3) is 17.4 Å². The quantitative estimate of drug-likeness (QED) is 0.320. The molecule has 0 spiro atoms. The second-order valence-electron chi connectivity index (χ2n) is 6.17. The van der Waals surface area contributed by atoms with Crippen LogP contribution in [0.15, 0.2) is 70.0 Å². The highest BCUT2D eigenvalue weighted by Crippen LogP contribution is 2.40. The predicted molar refractivity (Wildman–Crippen MR) is 112 cm³/mol. The first-order chi connectivity index (χ1) is 14.5. The molecule has 0 radical (unpaired) electrons. The van der Waals surface area contributed by atoms with E-state index in [1.807, 2.05) is 0 Å². The molecule has 30 heavy (non-hydrogen) atoms. The van der Waals surface area contributed by atoms with Crippen LogP contribution in [-0.4, -0.2) is 23.2 Å². The SMILES string of the molecule is COc1ccccc1N1C(=O)S/C(=C\c2ccc(-c3ccccc3[N+](=O)[O-])o2)C1=O. The molecule has 0 saturated carbocycles. The van der Waals surface area contributed by atoms with Gasteiger partial charge in [0.1, 0.15) is 17.3 Å². The summed E-state index contributed by atoms with van der Waals surface area (Å²) >= 11 is 0.779. The normalized spacial score (nSPS) is 15.1. The number of rotatable bonds is 5. The van der Waals surface area contributed by atoms with Crippen LogP contribution in [0.5, 0.6) is 5.75 Å². The van der Waals surface area contributed by atoms with Crippen LogP contribution < -0.4 is 9.64 Å². The summed E-state index contributed by atoms with van der Waals surface area (Å²) in [5.41, 5.74) is 0.588. The zero-order chi connectivity index (χ0) is 21.3. The zero-order valence-corrected chi connectivity index (χ0v) is 16.4. The largest absolute Gasteiger partial charge is 0.495 e. The Hall–Kier alpha value is -3.85. The summed E-state index contributed by atoms with van der Waals surface area (Å²) in [7, 11) is 1.46. The van der Waals surface area contributed by atoms with Gasteiger partial charge in [0.2, 0.25) is 0 Å². The molecular weight excluding hydrogens is 408 g/mol. The van der Waals surface area contributed by atoms with Gasteiger partial charge in [-0.1, -0.05) is 24.3 Å². The van der Waals surface area contributed by atoms with Crippen molar-refractivity contribution in [1.82, 2.24) is 0 Å². The lowest BCUT2D eigenvalue weighted by Gasteiger charge is -2.15. The van der Waals surface area contributed by atoms with E-state index in [9.17, 15) is 19.7 Å². The second kappa shape index (κ2) is 7.88. The third-order valence-corrected chi connectivity index (χ3v) is 5.26. The molecule has 3 aromatic rings. The lowest BCUT2D eigenvalue weighted by atomic mass is 10.1. The highest BCUT2D eigenvalue weighted by Gasteiger charge is 2.38. The van der Waals surface area contributed by atoms with E-state index >= 15 is 0 Å². The summed E-state index contributed by atoms with van der Waals surface area (Å²) in [6, 6.07) is 16.1. The number of benzene rings is 2. The van der Waals surface area contributed by atoms with Gasteiger partial charge in [0.25, 0.3) is 16.8 Å². The number of carbonyl (C=O) groups excluding carboxylic acids is 2. The highest BCUT2D eigenvalue weighted by molar-refractivity contribution is 8.19. The molecule has 2 amide bonds. The summed E-state index contributed by atoms with van der Waals surface area (Å²) in [6.45, 7) is 0. The maximum absolute atomic E-state index is 12.8. The molecule has 1 fully saturated rings. The molecule has 150 valence electrons. The van der Waals surface area contributed by atoms with Gasteiger partial charge in [-0.2, -0.15) is 0 Å². The van der Waals surface area contributed by atoms with Crippen LogP contribution in [0.1, 0.15) is 5.76 Å². The monoisotopic (exact) mass is 422 g/mol. The summed E-state index contributed by atoms with van der Waals surface area (Å²) in [4.78, 5) is 37.3. The summed E-state index contributed by atoms with van der Waals surface area (Å²) in [6.07, 6.45) is 1.44. The van der Waals surface area contributed by atoms with Gasteiger partial charge in [0.15, 0.2) is 0 Å². The van der Waals surface area contributed by atoms with Gasteiger partial charge in [-0.05, 0) is 42.1 Å². The number of anilines is 1. The minimum absolute atomic E-state index is 0.0881. The third-order valence-electron chi connectivity index (χ3n) is 4.39. The van der Waals surface area contributed by atoms with Gasteiger partial charge in [0, 0.05) is 12.1 Å². The number of amides is 2. The van der Waals surface area contributed by atoms with Gasteiger partial charge in [-0.25, -0.2) is 4.90 Å². The molecule has 1 aromatic heterocycles. The maximum atomic E-state index is 12.8. The number of para-hydroxylation sites is 3. The van der Waals surface area contributed by atoms with E-state index in [4.69, 9.17) is 9.15 Å². The Kier molecular flexibility index (Phi) is 5.11. The number of furan rings is 1. The van der Waals surface area contributed by atoms with Gasteiger partial charge < -0.3 is 9.15 Å². The minimum Gasteiger partial charge on any atom is -0.495 e. The summed E-state index contributed by atoms with van der Waals surface area (Å²) in [5.74, 6) is 0.488. The van der Waals surface area contributed by atoms with Gasteiger partial charge >= 0.3 is 0 Å². The van der Waals surface area contributed by atoms with Gasteiger partial charge in [0.05, 0.1) is 28.2 Å². The standard InChI is InChI=1S/C21H14N2O6S/c1-28-18-9-5-4-8-16(18)22-20(24)19(30-21(22)25)12-13-10-11-17(29-13)14-6-2-3-7-15(14)23(26)27/h2-12H,1H3/b19-12-. The summed E-state index contributed by atoms with van der Waals surface area (Å²) < 4.78 is 10.9. The molecule has 9 heteroatoms. The van der Waals surface area contributed by atoms with E-state index < -0.39 is 16.1 Å². The first-order valence-corrected chi connectivity index (χ1v) is 9.56. The number of nitro groups is 1. The number of hydrogen-bond acceptors (Lipinski definition) is 7. The van der Waals surface area contributed by atoms with Crippen LogP contribution in [0.4, 0.5) is 16.2 Å². The number of carbonyl (C=O) groups is 2. The topological polar surface area (TPSA) is 103 Å². The average molecular weight is 422 g/mol. The number of nitro benzene ring substituents is 1. The second-order valence-corrected chi connectivity index (χ2v) is 7.16. The molecular formula is C21H14N2O6S. The molecule has 0 bridgehead atoms. The number of nitrogens with zero attached hydrogens (tertiary/aromatic N) is 2. The molecule has 0 N–H and O–H groups in total.